The van der Waals surface area contributed by atoms with Crippen LogP contribution in [0.15, 0.2) is 29.2 Å². The lowest BCUT2D eigenvalue weighted by Gasteiger charge is -2.01. The first-order chi connectivity index (χ1) is 7.01. The average molecular weight is 246 g/mol. The molecule has 0 saturated carbocycles. The summed E-state index contributed by atoms with van der Waals surface area (Å²) in [6.45, 7) is 0.0360. The van der Waals surface area contributed by atoms with Gasteiger partial charge in [0.2, 0.25) is 0 Å². The summed E-state index contributed by atoms with van der Waals surface area (Å²) < 4.78 is 21.8. The monoisotopic (exact) mass is 246 g/mol. The highest BCUT2D eigenvalue weighted by Crippen LogP contribution is 2.18. The fourth-order valence-electron chi connectivity index (χ4n) is 1.00. The van der Waals surface area contributed by atoms with Crippen LogP contribution in [0.3, 0.4) is 0 Å². The molecule has 15 heavy (non-hydrogen) atoms. The van der Waals surface area contributed by atoms with Crippen molar-refractivity contribution in [3.05, 3.63) is 29.8 Å². The summed E-state index contributed by atoms with van der Waals surface area (Å²) in [5.41, 5.74) is 0.863. The largest absolute Gasteiger partial charge is 0.392 e. The van der Waals surface area contributed by atoms with E-state index >= 15 is 0 Å². The second-order valence-electron chi connectivity index (χ2n) is 3.28. The van der Waals surface area contributed by atoms with Crippen molar-refractivity contribution in [2.45, 2.75) is 11.5 Å². The lowest BCUT2D eigenvalue weighted by atomic mass is 10.2. The first-order valence-electron chi connectivity index (χ1n) is 4.51. The van der Waals surface area contributed by atoms with E-state index in [-0.39, 0.29) is 12.4 Å². The maximum atomic E-state index is 10.9. The highest BCUT2D eigenvalue weighted by Gasteiger charge is 2.02. The minimum atomic E-state index is -2.87. The third kappa shape index (κ3) is 5.20. The van der Waals surface area contributed by atoms with Gasteiger partial charge in [-0.3, -0.25) is 0 Å². The molecule has 5 heteroatoms. The van der Waals surface area contributed by atoms with Gasteiger partial charge in [-0.15, -0.1) is 11.8 Å². The predicted molar refractivity (Wildman–Crippen MR) is 62.8 cm³/mol. The van der Waals surface area contributed by atoms with Crippen molar-refractivity contribution >= 4 is 21.6 Å². The summed E-state index contributed by atoms with van der Waals surface area (Å²) in [6.07, 6.45) is 1.24. The van der Waals surface area contributed by atoms with Crippen molar-refractivity contribution in [1.29, 1.82) is 0 Å². The minimum Gasteiger partial charge on any atom is -0.392 e. The molecule has 1 aromatic carbocycles. The Hall–Kier alpha value is -0.520. The van der Waals surface area contributed by atoms with Crippen LogP contribution >= 0.6 is 11.8 Å². The van der Waals surface area contributed by atoms with Crippen LogP contribution in [0.2, 0.25) is 0 Å². The molecule has 0 aliphatic rings. The molecule has 0 aromatic heterocycles. The molecule has 0 aliphatic heterocycles. The van der Waals surface area contributed by atoms with Crippen LogP contribution in [0.5, 0.6) is 0 Å². The summed E-state index contributed by atoms with van der Waals surface area (Å²) in [5, 5.41) is 8.83. The topological polar surface area (TPSA) is 54.4 Å². The van der Waals surface area contributed by atoms with Crippen LogP contribution in [0, 0.1) is 0 Å². The average Bonchev–Trinajstić information content (AvgIpc) is 2.17. The number of aliphatic hydroxyl groups excluding tert-OH is 1. The predicted octanol–water partition coefficient (Wildman–Crippen LogP) is 1.32. The molecule has 0 fully saturated rings. The Bertz CT molecular complexity index is 395. The Labute approximate surface area is 94.4 Å². The Morgan fingerprint density at radius 2 is 1.87 bits per heavy atom. The van der Waals surface area contributed by atoms with E-state index in [0.29, 0.717) is 5.75 Å². The fraction of sp³-hybridized carbons (Fsp3) is 0.400. The van der Waals surface area contributed by atoms with Gasteiger partial charge in [-0.1, -0.05) is 12.1 Å². The van der Waals surface area contributed by atoms with Gasteiger partial charge in [-0.25, -0.2) is 8.42 Å². The summed E-state index contributed by atoms with van der Waals surface area (Å²) >= 11 is 1.51. The fourth-order valence-corrected chi connectivity index (χ4v) is 3.11. The second kappa shape index (κ2) is 5.53. The van der Waals surface area contributed by atoms with Gasteiger partial charge in [0.15, 0.2) is 0 Å². The number of thioether (sulfide) groups is 1. The van der Waals surface area contributed by atoms with Crippen molar-refractivity contribution in [2.75, 3.05) is 17.8 Å². The second-order valence-corrected chi connectivity index (χ2v) is 6.71. The minimum absolute atomic E-state index is 0.0360. The zero-order valence-electron chi connectivity index (χ0n) is 8.51. The van der Waals surface area contributed by atoms with Crippen LogP contribution in [0.4, 0.5) is 0 Å². The third-order valence-corrected chi connectivity index (χ3v) is 4.05. The summed E-state index contributed by atoms with van der Waals surface area (Å²) in [6, 6.07) is 7.45. The van der Waals surface area contributed by atoms with Crippen molar-refractivity contribution in [1.82, 2.24) is 0 Å². The van der Waals surface area contributed by atoms with E-state index in [1.165, 1.54) is 18.0 Å². The van der Waals surface area contributed by atoms with Gasteiger partial charge in [0.25, 0.3) is 0 Å². The summed E-state index contributed by atoms with van der Waals surface area (Å²) in [4.78, 5) is 1.02. The van der Waals surface area contributed by atoms with Gasteiger partial charge in [0, 0.05) is 16.9 Å². The van der Waals surface area contributed by atoms with E-state index < -0.39 is 9.84 Å². The number of sulfone groups is 1. The Morgan fingerprint density at radius 1 is 1.27 bits per heavy atom. The van der Waals surface area contributed by atoms with Crippen molar-refractivity contribution in [2.24, 2.45) is 0 Å². The molecule has 84 valence electrons. The molecule has 1 aromatic rings. The molecule has 3 nitrogen and oxygen atoms in total. The molecule has 1 rings (SSSR count). The molecule has 0 atom stereocenters. The maximum absolute atomic E-state index is 10.9. The first-order valence-corrected chi connectivity index (χ1v) is 7.56. The molecule has 0 radical (unpaired) electrons. The Balaban J connectivity index is 2.45. The molecule has 1 N–H and O–H groups in total. The van der Waals surface area contributed by atoms with Crippen LogP contribution < -0.4 is 0 Å². The number of rotatable bonds is 5. The molecule has 0 saturated heterocycles. The molecule has 0 unspecified atom stereocenters. The smallest absolute Gasteiger partial charge is 0.148 e. The standard InChI is InChI=1S/C10H14O3S2/c1-15(12,13)7-6-14-10-4-2-9(8-11)3-5-10/h2-5,11H,6-8H2,1H3. The van der Waals surface area contributed by atoms with Crippen LogP contribution in [-0.2, 0) is 16.4 Å². The Kier molecular flexibility index (Phi) is 4.63. The van der Waals surface area contributed by atoms with E-state index in [1.54, 1.807) is 0 Å². The van der Waals surface area contributed by atoms with E-state index in [1.807, 2.05) is 24.3 Å². The van der Waals surface area contributed by atoms with E-state index in [2.05, 4.69) is 0 Å². The van der Waals surface area contributed by atoms with E-state index in [9.17, 15) is 8.42 Å². The van der Waals surface area contributed by atoms with Gasteiger partial charge in [0.05, 0.1) is 12.4 Å². The molecule has 0 bridgehead atoms. The van der Waals surface area contributed by atoms with Crippen molar-refractivity contribution in [3.63, 3.8) is 0 Å². The molecule has 0 amide bonds. The zero-order chi connectivity index (χ0) is 11.3. The van der Waals surface area contributed by atoms with E-state index in [0.717, 1.165) is 10.5 Å². The van der Waals surface area contributed by atoms with Gasteiger partial charge < -0.3 is 5.11 Å². The molecule has 0 aliphatic carbocycles. The lowest BCUT2D eigenvalue weighted by Crippen LogP contribution is -2.04. The highest BCUT2D eigenvalue weighted by atomic mass is 32.2. The highest BCUT2D eigenvalue weighted by molar-refractivity contribution is 8.00. The quantitative estimate of drug-likeness (QED) is 0.796. The molecule has 0 spiro atoms. The first kappa shape index (κ1) is 12.5. The van der Waals surface area contributed by atoms with Gasteiger partial charge in [0.1, 0.15) is 9.84 Å². The van der Waals surface area contributed by atoms with Gasteiger partial charge >= 0.3 is 0 Å². The third-order valence-electron chi connectivity index (χ3n) is 1.83. The number of hydrogen-bond acceptors (Lipinski definition) is 4. The normalized spacial score (nSPS) is 11.6. The van der Waals surface area contributed by atoms with Crippen LogP contribution in [-0.4, -0.2) is 31.3 Å². The van der Waals surface area contributed by atoms with Crippen LogP contribution in [0.25, 0.3) is 0 Å². The van der Waals surface area contributed by atoms with Crippen molar-refractivity contribution < 1.29 is 13.5 Å². The number of aliphatic hydroxyl groups is 1. The summed E-state index contributed by atoms with van der Waals surface area (Å²) in [7, 11) is -2.87. The zero-order valence-corrected chi connectivity index (χ0v) is 10.1. The van der Waals surface area contributed by atoms with Crippen LogP contribution in [0.1, 0.15) is 5.56 Å². The molecular formula is C10H14O3S2. The maximum Gasteiger partial charge on any atom is 0.148 e. The van der Waals surface area contributed by atoms with Gasteiger partial charge in [-0.2, -0.15) is 0 Å². The molecular weight excluding hydrogens is 232 g/mol. The lowest BCUT2D eigenvalue weighted by molar-refractivity contribution is 0.282. The van der Waals surface area contributed by atoms with E-state index in [4.69, 9.17) is 5.11 Å². The molecule has 0 heterocycles. The Morgan fingerprint density at radius 3 is 2.33 bits per heavy atom. The number of benzene rings is 1. The number of hydrogen-bond donors (Lipinski definition) is 1. The SMILES string of the molecule is CS(=O)(=O)CCSc1ccc(CO)cc1. The van der Waals surface area contributed by atoms with Crippen molar-refractivity contribution in [3.8, 4) is 0 Å². The van der Waals surface area contributed by atoms with Gasteiger partial charge in [-0.05, 0) is 17.7 Å². The summed E-state index contributed by atoms with van der Waals surface area (Å²) in [5.74, 6) is 0.761.